The number of nitrogens with one attached hydrogen (secondary N) is 2. The van der Waals surface area contributed by atoms with E-state index in [1.807, 2.05) is 25.4 Å². The zero-order valence-electron chi connectivity index (χ0n) is 10.4. The fourth-order valence-corrected chi connectivity index (χ4v) is 2.35. The van der Waals surface area contributed by atoms with Gasteiger partial charge in [-0.05, 0) is 24.8 Å². The van der Waals surface area contributed by atoms with Crippen LogP contribution in [-0.2, 0) is 13.5 Å². The molecule has 0 atom stereocenters. The largest absolute Gasteiger partial charge is 0.338 e. The highest BCUT2D eigenvalue weighted by atomic mass is 32.1. The lowest BCUT2D eigenvalue weighted by Gasteiger charge is -2.05. The van der Waals surface area contributed by atoms with E-state index in [-0.39, 0.29) is 6.03 Å². The highest BCUT2D eigenvalue weighted by Gasteiger charge is 2.06. The Bertz CT molecular complexity index is 518. The molecule has 0 aliphatic carbocycles. The van der Waals surface area contributed by atoms with Crippen LogP contribution in [0.2, 0.25) is 0 Å². The van der Waals surface area contributed by atoms with Gasteiger partial charge in [-0.25, -0.2) is 4.79 Å². The minimum atomic E-state index is -0.192. The summed E-state index contributed by atoms with van der Waals surface area (Å²) < 4.78 is 1.68. The van der Waals surface area contributed by atoms with Gasteiger partial charge in [-0.2, -0.15) is 5.10 Å². The third kappa shape index (κ3) is 3.33. The number of anilines is 1. The number of aryl methyl sites for hydroxylation is 2. The number of thiophene rings is 1. The van der Waals surface area contributed by atoms with Crippen LogP contribution in [-0.4, -0.2) is 22.4 Å². The van der Waals surface area contributed by atoms with E-state index in [4.69, 9.17) is 0 Å². The molecule has 0 saturated heterocycles. The Morgan fingerprint density at radius 2 is 2.39 bits per heavy atom. The summed E-state index contributed by atoms with van der Waals surface area (Å²) >= 11 is 1.70. The molecule has 2 aromatic heterocycles. The highest BCUT2D eigenvalue weighted by molar-refractivity contribution is 7.09. The maximum absolute atomic E-state index is 11.6. The number of hydrogen-bond acceptors (Lipinski definition) is 3. The molecule has 2 aromatic rings. The van der Waals surface area contributed by atoms with Crippen LogP contribution in [0.15, 0.2) is 23.7 Å². The number of carbonyl (C=O) groups excluding carboxylic acids is 1. The van der Waals surface area contributed by atoms with Crippen LogP contribution in [0.25, 0.3) is 0 Å². The fourth-order valence-electron chi connectivity index (χ4n) is 1.64. The second-order valence-electron chi connectivity index (χ2n) is 4.01. The van der Waals surface area contributed by atoms with Crippen molar-refractivity contribution in [2.24, 2.45) is 7.05 Å². The van der Waals surface area contributed by atoms with Crippen molar-refractivity contribution in [3.63, 3.8) is 0 Å². The lowest BCUT2D eigenvalue weighted by atomic mass is 10.3. The van der Waals surface area contributed by atoms with Crippen LogP contribution < -0.4 is 10.6 Å². The number of rotatable bonds is 4. The van der Waals surface area contributed by atoms with Crippen LogP contribution in [0.1, 0.15) is 10.6 Å². The van der Waals surface area contributed by atoms with Crippen molar-refractivity contribution in [3.05, 3.63) is 34.3 Å². The summed E-state index contributed by atoms with van der Waals surface area (Å²) in [4.78, 5) is 12.9. The number of nitrogens with zero attached hydrogens (tertiary/aromatic N) is 2. The molecule has 2 amide bonds. The van der Waals surface area contributed by atoms with Crippen molar-refractivity contribution in [2.75, 3.05) is 11.9 Å². The summed E-state index contributed by atoms with van der Waals surface area (Å²) in [5.41, 5.74) is 1.55. The third-order valence-electron chi connectivity index (χ3n) is 2.50. The predicted molar refractivity (Wildman–Crippen MR) is 73.0 cm³/mol. The molecule has 18 heavy (non-hydrogen) atoms. The van der Waals surface area contributed by atoms with Gasteiger partial charge in [-0.1, -0.05) is 6.07 Å². The zero-order chi connectivity index (χ0) is 13.0. The van der Waals surface area contributed by atoms with Crippen molar-refractivity contribution < 1.29 is 4.79 Å². The zero-order valence-corrected chi connectivity index (χ0v) is 11.3. The average Bonchev–Trinajstić information content (AvgIpc) is 2.90. The van der Waals surface area contributed by atoms with Crippen molar-refractivity contribution in [1.82, 2.24) is 15.1 Å². The molecule has 2 heterocycles. The molecule has 0 aromatic carbocycles. The first-order valence-corrected chi connectivity index (χ1v) is 6.60. The lowest BCUT2D eigenvalue weighted by Crippen LogP contribution is -2.30. The Balaban J connectivity index is 1.77. The van der Waals surface area contributed by atoms with Gasteiger partial charge in [0.25, 0.3) is 0 Å². The van der Waals surface area contributed by atoms with Gasteiger partial charge in [-0.3, -0.25) is 4.68 Å². The van der Waals surface area contributed by atoms with Crippen molar-refractivity contribution in [2.45, 2.75) is 13.3 Å². The Hall–Kier alpha value is -1.82. The van der Waals surface area contributed by atoms with Crippen LogP contribution in [0.5, 0.6) is 0 Å². The van der Waals surface area contributed by atoms with Crippen LogP contribution >= 0.6 is 11.3 Å². The monoisotopic (exact) mass is 264 g/mol. The molecule has 0 unspecified atom stereocenters. The first kappa shape index (κ1) is 12.6. The fraction of sp³-hybridized carbons (Fsp3) is 0.333. The summed E-state index contributed by atoms with van der Waals surface area (Å²) in [5.74, 6) is 0. The number of amides is 2. The van der Waals surface area contributed by atoms with Crippen molar-refractivity contribution >= 4 is 23.1 Å². The maximum atomic E-state index is 11.6. The molecule has 0 aliphatic heterocycles. The molecule has 0 spiro atoms. The lowest BCUT2D eigenvalue weighted by molar-refractivity contribution is 0.252. The molecule has 2 N–H and O–H groups in total. The van der Waals surface area contributed by atoms with E-state index >= 15 is 0 Å². The van der Waals surface area contributed by atoms with E-state index in [0.29, 0.717) is 6.54 Å². The topological polar surface area (TPSA) is 59.0 Å². The smallest absolute Gasteiger partial charge is 0.319 e. The summed E-state index contributed by atoms with van der Waals surface area (Å²) in [6.45, 7) is 2.49. The summed E-state index contributed by atoms with van der Waals surface area (Å²) in [6.07, 6.45) is 2.64. The van der Waals surface area contributed by atoms with E-state index in [1.54, 1.807) is 22.2 Å². The summed E-state index contributed by atoms with van der Waals surface area (Å²) in [5, 5.41) is 11.8. The minimum absolute atomic E-state index is 0.192. The van der Waals surface area contributed by atoms with Gasteiger partial charge in [0.05, 0.1) is 11.4 Å². The van der Waals surface area contributed by atoms with Gasteiger partial charge in [0.15, 0.2) is 0 Å². The normalized spacial score (nSPS) is 10.3. The second kappa shape index (κ2) is 5.68. The van der Waals surface area contributed by atoms with Gasteiger partial charge in [0.1, 0.15) is 0 Å². The van der Waals surface area contributed by atoms with E-state index < -0.39 is 0 Å². The molecule has 0 aliphatic rings. The molecule has 0 radical (unpaired) electrons. The van der Waals surface area contributed by atoms with Gasteiger partial charge in [-0.15, -0.1) is 11.3 Å². The van der Waals surface area contributed by atoms with Crippen LogP contribution in [0.3, 0.4) is 0 Å². The van der Waals surface area contributed by atoms with Crippen LogP contribution in [0.4, 0.5) is 10.5 Å². The van der Waals surface area contributed by atoms with E-state index in [9.17, 15) is 4.79 Å². The average molecular weight is 264 g/mol. The Morgan fingerprint density at radius 1 is 1.56 bits per heavy atom. The SMILES string of the molecule is Cc1nn(C)cc1NC(=O)NCCc1cccs1. The molecule has 0 bridgehead atoms. The maximum Gasteiger partial charge on any atom is 0.319 e. The van der Waals surface area contributed by atoms with Gasteiger partial charge < -0.3 is 10.6 Å². The Morgan fingerprint density at radius 3 is 3.00 bits per heavy atom. The molecule has 6 heteroatoms. The number of carbonyl (C=O) groups is 1. The summed E-state index contributed by atoms with van der Waals surface area (Å²) in [7, 11) is 1.83. The Labute approximate surface area is 110 Å². The van der Waals surface area contributed by atoms with Gasteiger partial charge >= 0.3 is 6.03 Å². The molecule has 96 valence electrons. The molecule has 0 fully saturated rings. The molecular formula is C12H16N4OS. The van der Waals surface area contributed by atoms with E-state index in [0.717, 1.165) is 17.8 Å². The van der Waals surface area contributed by atoms with Crippen molar-refractivity contribution in [3.8, 4) is 0 Å². The standard InChI is InChI=1S/C12H16N4OS/c1-9-11(8-16(2)15-9)14-12(17)13-6-5-10-4-3-7-18-10/h3-4,7-8H,5-6H2,1-2H3,(H2,13,14,17). The Kier molecular flexibility index (Phi) is 3.99. The number of urea groups is 1. The summed E-state index contributed by atoms with van der Waals surface area (Å²) in [6, 6.07) is 3.89. The minimum Gasteiger partial charge on any atom is -0.338 e. The van der Waals surface area contributed by atoms with E-state index in [2.05, 4.69) is 21.8 Å². The quantitative estimate of drug-likeness (QED) is 0.889. The van der Waals surface area contributed by atoms with Crippen molar-refractivity contribution in [1.29, 1.82) is 0 Å². The van der Waals surface area contributed by atoms with Gasteiger partial charge in [0, 0.05) is 24.7 Å². The second-order valence-corrected chi connectivity index (χ2v) is 5.04. The predicted octanol–water partition coefficient (Wildman–Crippen LogP) is 2.15. The first-order chi connectivity index (χ1) is 8.65. The molecule has 2 rings (SSSR count). The molecular weight excluding hydrogens is 248 g/mol. The third-order valence-corrected chi connectivity index (χ3v) is 3.43. The van der Waals surface area contributed by atoms with Crippen LogP contribution in [0, 0.1) is 6.92 Å². The number of aromatic nitrogens is 2. The van der Waals surface area contributed by atoms with Gasteiger partial charge in [0.2, 0.25) is 0 Å². The molecule has 5 nitrogen and oxygen atoms in total. The molecule has 0 saturated carbocycles. The number of hydrogen-bond donors (Lipinski definition) is 2. The first-order valence-electron chi connectivity index (χ1n) is 5.72. The van der Waals surface area contributed by atoms with E-state index in [1.165, 1.54) is 4.88 Å². The highest BCUT2D eigenvalue weighted by Crippen LogP contribution is 2.11.